The molecule has 5 heteroatoms. The lowest BCUT2D eigenvalue weighted by Gasteiger charge is -2.35. The first kappa shape index (κ1) is 16.6. The van der Waals surface area contributed by atoms with Crippen molar-refractivity contribution in [2.24, 2.45) is 5.92 Å². The summed E-state index contributed by atoms with van der Waals surface area (Å²) in [6.45, 7) is 13.4. The minimum absolute atomic E-state index is 0.151. The number of halogens is 1. The number of nitrogens with zero attached hydrogens (tertiary/aromatic N) is 3. The topological polar surface area (TPSA) is 28.5 Å². The van der Waals surface area contributed by atoms with Gasteiger partial charge >= 0.3 is 0 Å². The Morgan fingerprint density at radius 1 is 1.19 bits per heavy atom. The van der Waals surface area contributed by atoms with E-state index in [-0.39, 0.29) is 11.9 Å². The molecule has 0 saturated carbocycles. The molecule has 2 rings (SSSR count). The molecule has 0 aliphatic carbocycles. The van der Waals surface area contributed by atoms with E-state index in [1.165, 1.54) is 0 Å². The van der Waals surface area contributed by atoms with Gasteiger partial charge in [0, 0.05) is 49.4 Å². The zero-order valence-electron chi connectivity index (χ0n) is 13.5. The van der Waals surface area contributed by atoms with Crippen LogP contribution in [0.3, 0.4) is 0 Å². The summed E-state index contributed by atoms with van der Waals surface area (Å²) in [5, 5.41) is 0. The predicted octanol–water partition coefficient (Wildman–Crippen LogP) is 3.25. The van der Waals surface area contributed by atoms with E-state index < -0.39 is 0 Å². The van der Waals surface area contributed by atoms with Crippen molar-refractivity contribution in [3.8, 4) is 0 Å². The molecule has 0 atom stereocenters. The van der Waals surface area contributed by atoms with Crippen molar-refractivity contribution in [1.29, 1.82) is 0 Å². The third kappa shape index (κ3) is 4.10. The molecule has 0 N–H and O–H groups in total. The fourth-order valence-electron chi connectivity index (χ4n) is 2.86. The Morgan fingerprint density at radius 2 is 1.81 bits per heavy atom. The van der Waals surface area contributed by atoms with Crippen molar-refractivity contribution in [2.45, 2.75) is 33.7 Å². The van der Waals surface area contributed by atoms with Crippen LogP contribution in [0.15, 0.2) is 16.7 Å². The number of amides is 1. The summed E-state index contributed by atoms with van der Waals surface area (Å²) in [6, 6.07) is 2.22. The normalized spacial score (nSPS) is 17.0. The van der Waals surface area contributed by atoms with E-state index in [1.54, 1.807) is 0 Å². The second-order valence-electron chi connectivity index (χ2n) is 6.53. The highest BCUT2D eigenvalue weighted by atomic mass is 79.9. The number of aromatic nitrogens is 1. The van der Waals surface area contributed by atoms with Crippen molar-refractivity contribution in [3.05, 3.63) is 22.4 Å². The minimum atomic E-state index is 0.151. The van der Waals surface area contributed by atoms with Crippen LogP contribution in [0.25, 0.3) is 0 Å². The molecular weight excluding hydrogens is 330 g/mol. The van der Waals surface area contributed by atoms with E-state index in [4.69, 9.17) is 0 Å². The van der Waals surface area contributed by atoms with Crippen LogP contribution in [0, 0.1) is 5.92 Å². The summed E-state index contributed by atoms with van der Waals surface area (Å²) in [4.78, 5) is 17.2. The number of piperazine rings is 1. The molecule has 1 aliphatic rings. The third-order valence-electron chi connectivity index (χ3n) is 3.87. The predicted molar refractivity (Wildman–Crippen MR) is 89.7 cm³/mol. The zero-order chi connectivity index (χ0) is 15.6. The number of carbonyl (C=O) groups excluding carboxylic acids is 1. The van der Waals surface area contributed by atoms with Crippen LogP contribution in [0.5, 0.6) is 0 Å². The molecule has 1 aromatic rings. The van der Waals surface area contributed by atoms with Gasteiger partial charge in [0.2, 0.25) is 0 Å². The average molecular weight is 356 g/mol. The first-order valence-corrected chi connectivity index (χ1v) is 8.56. The highest BCUT2D eigenvalue weighted by Crippen LogP contribution is 2.21. The monoisotopic (exact) mass is 355 g/mol. The van der Waals surface area contributed by atoms with Crippen molar-refractivity contribution < 1.29 is 4.79 Å². The van der Waals surface area contributed by atoms with Gasteiger partial charge in [0.25, 0.3) is 5.91 Å². The molecule has 1 saturated heterocycles. The molecule has 1 amide bonds. The van der Waals surface area contributed by atoms with Crippen LogP contribution in [0.2, 0.25) is 0 Å². The first-order chi connectivity index (χ1) is 9.88. The highest BCUT2D eigenvalue weighted by molar-refractivity contribution is 9.10. The summed E-state index contributed by atoms with van der Waals surface area (Å²) in [6.07, 6.45) is 1.99. The summed E-state index contributed by atoms with van der Waals surface area (Å²) >= 11 is 3.48. The smallest absolute Gasteiger partial charge is 0.270 e. The van der Waals surface area contributed by atoms with Crippen molar-refractivity contribution in [2.75, 3.05) is 32.7 Å². The molecular formula is C16H26BrN3O. The minimum Gasteiger partial charge on any atom is -0.340 e. The van der Waals surface area contributed by atoms with E-state index >= 15 is 0 Å². The van der Waals surface area contributed by atoms with Crippen LogP contribution in [0.1, 0.15) is 44.2 Å². The van der Waals surface area contributed by atoms with Crippen molar-refractivity contribution >= 4 is 21.8 Å². The molecule has 0 radical (unpaired) electrons. The molecule has 1 fully saturated rings. The van der Waals surface area contributed by atoms with Crippen LogP contribution >= 0.6 is 15.9 Å². The molecule has 21 heavy (non-hydrogen) atoms. The fraction of sp³-hybridized carbons (Fsp3) is 0.688. The summed E-state index contributed by atoms with van der Waals surface area (Å²) < 4.78 is 3.02. The molecule has 0 aromatic carbocycles. The molecule has 2 heterocycles. The molecule has 1 aliphatic heterocycles. The standard InChI is InChI=1S/C16H26BrN3O/c1-12(2)10-18-5-7-19(8-6-18)16(21)15-9-14(17)11-20(15)13(3)4/h9,11-13H,5-8,10H2,1-4H3. The maximum absolute atomic E-state index is 12.7. The second kappa shape index (κ2) is 6.97. The van der Waals surface area contributed by atoms with Gasteiger partial charge in [-0.05, 0) is 41.8 Å². The fourth-order valence-corrected chi connectivity index (χ4v) is 3.29. The zero-order valence-corrected chi connectivity index (χ0v) is 15.1. The number of rotatable bonds is 4. The quantitative estimate of drug-likeness (QED) is 0.829. The van der Waals surface area contributed by atoms with Gasteiger partial charge in [0.1, 0.15) is 5.69 Å². The first-order valence-electron chi connectivity index (χ1n) is 7.77. The molecule has 118 valence electrons. The van der Waals surface area contributed by atoms with E-state index in [1.807, 2.05) is 21.7 Å². The van der Waals surface area contributed by atoms with Gasteiger partial charge in [-0.1, -0.05) is 13.8 Å². The summed E-state index contributed by atoms with van der Waals surface area (Å²) in [5.41, 5.74) is 0.786. The Morgan fingerprint density at radius 3 is 2.33 bits per heavy atom. The highest BCUT2D eigenvalue weighted by Gasteiger charge is 2.25. The Kier molecular flexibility index (Phi) is 5.49. The van der Waals surface area contributed by atoms with Gasteiger partial charge in [-0.2, -0.15) is 0 Å². The molecule has 0 spiro atoms. The van der Waals surface area contributed by atoms with Gasteiger partial charge < -0.3 is 9.47 Å². The maximum Gasteiger partial charge on any atom is 0.270 e. The largest absolute Gasteiger partial charge is 0.340 e. The van der Waals surface area contributed by atoms with Crippen LogP contribution in [-0.4, -0.2) is 53.0 Å². The van der Waals surface area contributed by atoms with Gasteiger partial charge in [0.15, 0.2) is 0 Å². The van der Waals surface area contributed by atoms with E-state index in [2.05, 4.69) is 48.5 Å². The second-order valence-corrected chi connectivity index (χ2v) is 7.45. The van der Waals surface area contributed by atoms with Gasteiger partial charge in [-0.3, -0.25) is 9.69 Å². The van der Waals surface area contributed by atoms with Crippen LogP contribution in [-0.2, 0) is 0 Å². The Balaban J connectivity index is 2.02. The number of hydrogen-bond acceptors (Lipinski definition) is 2. The molecule has 4 nitrogen and oxygen atoms in total. The molecule has 1 aromatic heterocycles. The van der Waals surface area contributed by atoms with Crippen LogP contribution < -0.4 is 0 Å². The lowest BCUT2D eigenvalue weighted by molar-refractivity contribution is 0.0612. The van der Waals surface area contributed by atoms with E-state index in [0.717, 1.165) is 42.9 Å². The van der Waals surface area contributed by atoms with Crippen molar-refractivity contribution in [1.82, 2.24) is 14.4 Å². The third-order valence-corrected chi connectivity index (χ3v) is 4.31. The van der Waals surface area contributed by atoms with E-state index in [9.17, 15) is 4.79 Å². The molecule has 0 bridgehead atoms. The average Bonchev–Trinajstić information content (AvgIpc) is 2.80. The summed E-state index contributed by atoms with van der Waals surface area (Å²) in [7, 11) is 0. The van der Waals surface area contributed by atoms with E-state index in [0.29, 0.717) is 5.92 Å². The van der Waals surface area contributed by atoms with Crippen molar-refractivity contribution in [3.63, 3.8) is 0 Å². The maximum atomic E-state index is 12.7. The Hall–Kier alpha value is -0.810. The van der Waals surface area contributed by atoms with Crippen LogP contribution in [0.4, 0.5) is 0 Å². The molecule has 0 unspecified atom stereocenters. The SMILES string of the molecule is CC(C)CN1CCN(C(=O)c2cc(Br)cn2C(C)C)CC1. The van der Waals surface area contributed by atoms with Gasteiger partial charge in [0.05, 0.1) is 0 Å². The Bertz CT molecular complexity index is 488. The number of hydrogen-bond donors (Lipinski definition) is 0. The van der Waals surface area contributed by atoms with Gasteiger partial charge in [-0.15, -0.1) is 0 Å². The number of carbonyl (C=O) groups is 1. The summed E-state index contributed by atoms with van der Waals surface area (Å²) in [5.74, 6) is 0.833. The lowest BCUT2D eigenvalue weighted by Crippen LogP contribution is -2.49. The Labute approximate surface area is 136 Å². The lowest BCUT2D eigenvalue weighted by atomic mass is 10.2. The van der Waals surface area contributed by atoms with Gasteiger partial charge in [-0.25, -0.2) is 0 Å².